The maximum atomic E-state index is 11.3. The van der Waals surface area contributed by atoms with Crippen LogP contribution in [-0.2, 0) is 11.1 Å². The highest BCUT2D eigenvalue weighted by Crippen LogP contribution is 2.22. The minimum absolute atomic E-state index is 0.586. The van der Waals surface area contributed by atoms with E-state index in [0.717, 1.165) is 0 Å². The van der Waals surface area contributed by atoms with Crippen LogP contribution in [0.25, 0.3) is 0 Å². The Balaban J connectivity index is 4.04. The lowest BCUT2D eigenvalue weighted by molar-refractivity contribution is -0.127. The molecule has 2 atom stereocenters. The van der Waals surface area contributed by atoms with Gasteiger partial charge >= 0.3 is 6.18 Å². The summed E-state index contributed by atoms with van der Waals surface area (Å²) in [6.07, 6.45) is -4.63. The Labute approximate surface area is 52.3 Å². The highest BCUT2D eigenvalue weighted by atomic mass is 32.2. The van der Waals surface area contributed by atoms with Gasteiger partial charge in [-0.3, -0.25) is 4.21 Å². The predicted octanol–water partition coefficient (Wildman–Crippen LogP) is 0.816. The Hall–Kier alpha value is -0.100. The third kappa shape index (κ3) is 2.81. The van der Waals surface area contributed by atoms with Gasteiger partial charge in [0, 0.05) is 0 Å². The van der Waals surface area contributed by atoms with E-state index in [-0.39, 0.29) is 0 Å². The van der Waals surface area contributed by atoms with Crippen LogP contribution in [0.2, 0.25) is 0 Å². The van der Waals surface area contributed by atoms with Crippen molar-refractivity contribution in [3.05, 3.63) is 0 Å². The topological polar surface area (TPSA) is 40.1 Å². The average Bonchev–Trinajstić information content (AvgIpc) is 1.62. The molecule has 0 aromatic heterocycles. The van der Waals surface area contributed by atoms with E-state index in [0.29, 0.717) is 6.92 Å². The lowest BCUT2D eigenvalue weighted by Crippen LogP contribution is -2.29. The summed E-state index contributed by atoms with van der Waals surface area (Å²) >= 11 is -3.05. The molecule has 0 aromatic rings. The zero-order valence-corrected chi connectivity index (χ0v) is 5.25. The molecule has 0 aromatic carbocycles. The molecule has 0 rings (SSSR count). The minimum Gasteiger partial charge on any atom is -0.772 e. The van der Waals surface area contributed by atoms with E-state index >= 15 is 0 Å². The maximum Gasteiger partial charge on any atom is 0.401 e. The van der Waals surface area contributed by atoms with Crippen LogP contribution < -0.4 is 0 Å². The molecule has 0 saturated heterocycles. The van der Waals surface area contributed by atoms with Gasteiger partial charge in [0.2, 0.25) is 0 Å². The van der Waals surface area contributed by atoms with Crippen LogP contribution in [0.15, 0.2) is 0 Å². The number of alkyl halides is 3. The van der Waals surface area contributed by atoms with Crippen molar-refractivity contribution < 1.29 is 21.9 Å². The zero-order valence-electron chi connectivity index (χ0n) is 4.44. The smallest absolute Gasteiger partial charge is 0.401 e. The van der Waals surface area contributed by atoms with Crippen LogP contribution in [0.1, 0.15) is 6.92 Å². The molecular weight excluding hydrogens is 157 g/mol. The third-order valence-corrected chi connectivity index (χ3v) is 1.59. The van der Waals surface area contributed by atoms with Gasteiger partial charge in [0.1, 0.15) is 5.25 Å². The monoisotopic (exact) mass is 161 g/mol. The second-order valence-electron chi connectivity index (χ2n) is 1.44. The highest BCUT2D eigenvalue weighted by molar-refractivity contribution is 7.79. The molecule has 2 nitrogen and oxygen atoms in total. The predicted molar refractivity (Wildman–Crippen MR) is 24.4 cm³/mol. The van der Waals surface area contributed by atoms with Gasteiger partial charge in [-0.1, -0.05) is 0 Å². The lowest BCUT2D eigenvalue weighted by Gasteiger charge is -2.17. The van der Waals surface area contributed by atoms with Crippen LogP contribution >= 0.6 is 0 Å². The van der Waals surface area contributed by atoms with E-state index in [9.17, 15) is 21.9 Å². The Bertz CT molecular complexity index is 121. The molecule has 0 radical (unpaired) electrons. The first-order valence-corrected chi connectivity index (χ1v) is 3.14. The molecule has 0 aliphatic rings. The Morgan fingerprint density at radius 1 is 1.56 bits per heavy atom. The van der Waals surface area contributed by atoms with E-state index < -0.39 is 22.5 Å². The Morgan fingerprint density at radius 2 is 1.89 bits per heavy atom. The van der Waals surface area contributed by atoms with Gasteiger partial charge in [-0.2, -0.15) is 13.2 Å². The van der Waals surface area contributed by atoms with Gasteiger partial charge in [0.15, 0.2) is 0 Å². The van der Waals surface area contributed by atoms with Crippen LogP contribution in [0, 0.1) is 0 Å². The average molecular weight is 161 g/mol. The largest absolute Gasteiger partial charge is 0.772 e. The molecule has 0 fully saturated rings. The molecule has 0 amide bonds. The molecule has 0 bridgehead atoms. The van der Waals surface area contributed by atoms with Crippen molar-refractivity contribution in [3.8, 4) is 0 Å². The first kappa shape index (κ1) is 8.90. The Kier molecular flexibility index (Phi) is 2.63. The molecule has 0 aliphatic heterocycles. The van der Waals surface area contributed by atoms with Crippen molar-refractivity contribution in [1.29, 1.82) is 0 Å². The van der Waals surface area contributed by atoms with Crippen molar-refractivity contribution in [2.75, 3.05) is 0 Å². The number of halogens is 3. The van der Waals surface area contributed by atoms with Crippen molar-refractivity contribution in [2.24, 2.45) is 0 Å². The second kappa shape index (κ2) is 2.66. The summed E-state index contributed by atoms with van der Waals surface area (Å²) in [5.41, 5.74) is 0. The summed E-state index contributed by atoms with van der Waals surface area (Å²) in [6, 6.07) is 0. The van der Waals surface area contributed by atoms with E-state index in [2.05, 4.69) is 0 Å². The lowest BCUT2D eigenvalue weighted by atomic mass is 10.5. The minimum atomic E-state index is -4.63. The van der Waals surface area contributed by atoms with Crippen molar-refractivity contribution in [3.63, 3.8) is 0 Å². The SMILES string of the molecule is CC(S(=O)[O-])C(F)(F)F. The molecule has 6 heteroatoms. The summed E-state index contributed by atoms with van der Waals surface area (Å²) in [5.74, 6) is 0. The van der Waals surface area contributed by atoms with Gasteiger partial charge in [-0.25, -0.2) is 0 Å². The maximum absolute atomic E-state index is 11.3. The molecule has 0 heterocycles. The first-order chi connectivity index (χ1) is 3.85. The fourth-order valence-corrected chi connectivity index (χ4v) is 0.327. The van der Waals surface area contributed by atoms with Gasteiger partial charge in [-0.05, 0) is 18.0 Å². The van der Waals surface area contributed by atoms with E-state index in [1.165, 1.54) is 0 Å². The summed E-state index contributed by atoms with van der Waals surface area (Å²) < 4.78 is 53.2. The van der Waals surface area contributed by atoms with Crippen molar-refractivity contribution >= 4 is 11.1 Å². The first-order valence-electron chi connectivity index (χ1n) is 2.00. The summed E-state index contributed by atoms with van der Waals surface area (Å²) in [7, 11) is 0. The molecule has 9 heavy (non-hydrogen) atoms. The fourth-order valence-electron chi connectivity index (χ4n) is 0.109. The number of hydrogen-bond acceptors (Lipinski definition) is 2. The fraction of sp³-hybridized carbons (Fsp3) is 1.00. The van der Waals surface area contributed by atoms with Crippen LogP contribution in [-0.4, -0.2) is 20.2 Å². The Morgan fingerprint density at radius 3 is 1.89 bits per heavy atom. The normalized spacial score (nSPS) is 19.2. The number of rotatable bonds is 1. The standard InChI is InChI=1S/C3H5F3O2S/c1-2(9(7)8)3(4,5)6/h2H,1H3,(H,7,8)/p-1. The molecule has 0 saturated carbocycles. The quantitative estimate of drug-likeness (QED) is 0.534. The van der Waals surface area contributed by atoms with E-state index in [4.69, 9.17) is 0 Å². The van der Waals surface area contributed by atoms with Gasteiger partial charge in [0.05, 0.1) is 0 Å². The van der Waals surface area contributed by atoms with Crippen LogP contribution in [0.3, 0.4) is 0 Å². The van der Waals surface area contributed by atoms with Crippen molar-refractivity contribution in [1.82, 2.24) is 0 Å². The summed E-state index contributed by atoms with van der Waals surface area (Å²) in [5, 5.41) is -2.27. The highest BCUT2D eigenvalue weighted by Gasteiger charge is 2.36. The van der Waals surface area contributed by atoms with E-state index in [1.807, 2.05) is 0 Å². The molecule has 0 spiro atoms. The van der Waals surface area contributed by atoms with Crippen LogP contribution in [0.5, 0.6) is 0 Å². The van der Waals surface area contributed by atoms with Crippen LogP contribution in [0.4, 0.5) is 13.2 Å². The summed E-state index contributed by atoms with van der Waals surface area (Å²) in [4.78, 5) is 0. The summed E-state index contributed by atoms with van der Waals surface area (Å²) in [6.45, 7) is 0.586. The van der Waals surface area contributed by atoms with E-state index in [1.54, 1.807) is 0 Å². The zero-order chi connectivity index (χ0) is 7.65. The molecule has 2 unspecified atom stereocenters. The molecule has 56 valence electrons. The van der Waals surface area contributed by atoms with Gasteiger partial charge < -0.3 is 4.55 Å². The van der Waals surface area contributed by atoms with Gasteiger partial charge in [-0.15, -0.1) is 0 Å². The number of hydrogen-bond donors (Lipinski definition) is 0. The molecule has 0 aliphatic carbocycles. The van der Waals surface area contributed by atoms with Crippen molar-refractivity contribution in [2.45, 2.75) is 18.3 Å². The third-order valence-electron chi connectivity index (χ3n) is 0.750. The van der Waals surface area contributed by atoms with Gasteiger partial charge in [0.25, 0.3) is 0 Å². The second-order valence-corrected chi connectivity index (χ2v) is 2.67. The molecule has 0 N–H and O–H groups in total. The molecular formula is C3H4F3O2S-.